The van der Waals surface area contributed by atoms with E-state index in [0.717, 1.165) is 16.7 Å². The van der Waals surface area contributed by atoms with Crippen LogP contribution in [0.15, 0.2) is 36.4 Å². The zero-order valence-electron chi connectivity index (χ0n) is 11.4. The molecule has 0 fully saturated rings. The Labute approximate surface area is 128 Å². The topological polar surface area (TPSA) is 12.0 Å². The first kappa shape index (κ1) is 15.3. The average Bonchev–Trinajstić information content (AvgIpc) is 2.36. The van der Waals surface area contributed by atoms with E-state index in [4.69, 9.17) is 23.2 Å². The molecule has 0 aromatic heterocycles. The number of benzene rings is 2. The third-order valence-corrected chi connectivity index (χ3v) is 3.84. The summed E-state index contributed by atoms with van der Waals surface area (Å²) in [4.78, 5) is 0. The van der Waals surface area contributed by atoms with Crippen LogP contribution in [0.1, 0.15) is 22.7 Å². The molecule has 2 rings (SSSR count). The third kappa shape index (κ3) is 3.72. The third-order valence-electron chi connectivity index (χ3n) is 3.25. The fourth-order valence-corrected chi connectivity index (χ4v) is 2.75. The van der Waals surface area contributed by atoms with E-state index in [1.807, 2.05) is 32.2 Å². The van der Waals surface area contributed by atoms with E-state index in [-0.39, 0.29) is 11.9 Å². The number of likely N-dealkylation sites (N-methyl/N-ethyl adjacent to an activating group) is 1. The molecular formula is C16H16Cl2FN. The Bertz CT molecular complexity index is 593. The molecule has 0 amide bonds. The number of nitrogens with one attached hydrogen (secondary N) is 1. The molecule has 0 aliphatic rings. The molecule has 1 unspecified atom stereocenters. The van der Waals surface area contributed by atoms with Crippen molar-refractivity contribution < 1.29 is 4.39 Å². The standard InChI is InChI=1S/C16H16Cl2FN/c1-10-5-12(7-14(19)6-10)16(20-2)8-11-3-4-13(17)9-15(11)18/h3-7,9,16,20H,8H2,1-2H3. The summed E-state index contributed by atoms with van der Waals surface area (Å²) < 4.78 is 13.5. The van der Waals surface area contributed by atoms with Gasteiger partial charge in [0.15, 0.2) is 0 Å². The van der Waals surface area contributed by atoms with Crippen LogP contribution in [-0.4, -0.2) is 7.05 Å². The van der Waals surface area contributed by atoms with E-state index in [2.05, 4.69) is 5.32 Å². The summed E-state index contributed by atoms with van der Waals surface area (Å²) in [6, 6.07) is 10.5. The van der Waals surface area contributed by atoms with Gasteiger partial charge in [-0.2, -0.15) is 0 Å². The van der Waals surface area contributed by atoms with Crippen LogP contribution in [0.25, 0.3) is 0 Å². The summed E-state index contributed by atoms with van der Waals surface area (Å²) in [6.45, 7) is 1.88. The fraction of sp³-hybridized carbons (Fsp3) is 0.250. The van der Waals surface area contributed by atoms with E-state index in [9.17, 15) is 4.39 Å². The van der Waals surface area contributed by atoms with Crippen molar-refractivity contribution >= 4 is 23.2 Å². The minimum Gasteiger partial charge on any atom is -0.313 e. The predicted octanol–water partition coefficient (Wildman–Crippen LogP) is 4.94. The molecule has 2 aromatic rings. The first-order chi connectivity index (χ1) is 9.49. The molecule has 1 N–H and O–H groups in total. The Morgan fingerprint density at radius 3 is 2.50 bits per heavy atom. The van der Waals surface area contributed by atoms with Gasteiger partial charge in [0.05, 0.1) is 0 Å². The zero-order valence-corrected chi connectivity index (χ0v) is 12.9. The molecule has 0 aliphatic carbocycles. The number of halogens is 3. The van der Waals surface area contributed by atoms with Gasteiger partial charge in [0.1, 0.15) is 5.82 Å². The Morgan fingerprint density at radius 1 is 1.15 bits per heavy atom. The summed E-state index contributed by atoms with van der Waals surface area (Å²) >= 11 is 12.1. The molecule has 0 bridgehead atoms. The van der Waals surface area contributed by atoms with Crippen LogP contribution in [-0.2, 0) is 6.42 Å². The number of hydrogen-bond donors (Lipinski definition) is 1. The second-order valence-corrected chi connectivity index (χ2v) is 5.69. The fourth-order valence-electron chi connectivity index (χ4n) is 2.26. The second kappa shape index (κ2) is 6.57. The lowest BCUT2D eigenvalue weighted by Gasteiger charge is -2.18. The van der Waals surface area contributed by atoms with Crippen molar-refractivity contribution in [1.29, 1.82) is 0 Å². The van der Waals surface area contributed by atoms with Gasteiger partial charge in [-0.1, -0.05) is 35.3 Å². The second-order valence-electron chi connectivity index (χ2n) is 4.84. The van der Waals surface area contributed by atoms with Crippen molar-refractivity contribution in [3.63, 3.8) is 0 Å². The molecule has 2 aromatic carbocycles. The Balaban J connectivity index is 2.28. The van der Waals surface area contributed by atoms with Crippen molar-refractivity contribution in [3.8, 4) is 0 Å². The van der Waals surface area contributed by atoms with Crippen LogP contribution in [0.4, 0.5) is 4.39 Å². The maximum absolute atomic E-state index is 13.5. The van der Waals surface area contributed by atoms with Gasteiger partial charge < -0.3 is 5.32 Å². The van der Waals surface area contributed by atoms with Gasteiger partial charge in [0, 0.05) is 16.1 Å². The highest BCUT2D eigenvalue weighted by Crippen LogP contribution is 2.26. The first-order valence-corrected chi connectivity index (χ1v) is 7.13. The van der Waals surface area contributed by atoms with Gasteiger partial charge in [0.25, 0.3) is 0 Å². The molecule has 0 saturated carbocycles. The summed E-state index contributed by atoms with van der Waals surface area (Å²) in [5.41, 5.74) is 2.80. The van der Waals surface area contributed by atoms with Gasteiger partial charge >= 0.3 is 0 Å². The van der Waals surface area contributed by atoms with Gasteiger partial charge in [0.2, 0.25) is 0 Å². The summed E-state index contributed by atoms with van der Waals surface area (Å²) in [5, 5.41) is 4.45. The van der Waals surface area contributed by atoms with Crippen LogP contribution >= 0.6 is 23.2 Å². The minimum atomic E-state index is -0.220. The Hall–Kier alpha value is -1.09. The van der Waals surface area contributed by atoms with Gasteiger partial charge in [-0.05, 0) is 61.3 Å². The van der Waals surface area contributed by atoms with Crippen LogP contribution in [0.3, 0.4) is 0 Å². The maximum atomic E-state index is 13.5. The molecule has 4 heteroatoms. The lowest BCUT2D eigenvalue weighted by Crippen LogP contribution is -2.19. The monoisotopic (exact) mass is 311 g/mol. The quantitative estimate of drug-likeness (QED) is 0.843. The Kier molecular flexibility index (Phi) is 5.03. The molecule has 106 valence electrons. The van der Waals surface area contributed by atoms with Gasteiger partial charge in [-0.15, -0.1) is 0 Å². The van der Waals surface area contributed by atoms with Gasteiger partial charge in [-0.3, -0.25) is 0 Å². The molecule has 0 heterocycles. The minimum absolute atomic E-state index is 0.00285. The van der Waals surface area contributed by atoms with Crippen molar-refractivity contribution in [2.24, 2.45) is 0 Å². The summed E-state index contributed by atoms with van der Waals surface area (Å²) in [6.07, 6.45) is 0.676. The highest BCUT2D eigenvalue weighted by atomic mass is 35.5. The molecule has 1 nitrogen and oxygen atoms in total. The molecule has 0 spiro atoms. The molecular weight excluding hydrogens is 296 g/mol. The van der Waals surface area contributed by atoms with Crippen LogP contribution in [0, 0.1) is 12.7 Å². The van der Waals surface area contributed by atoms with Crippen LogP contribution < -0.4 is 5.32 Å². The number of aryl methyl sites for hydroxylation is 1. The maximum Gasteiger partial charge on any atom is 0.123 e. The SMILES string of the molecule is CNC(Cc1ccc(Cl)cc1Cl)c1cc(C)cc(F)c1. The zero-order chi connectivity index (χ0) is 14.7. The first-order valence-electron chi connectivity index (χ1n) is 6.38. The number of hydrogen-bond acceptors (Lipinski definition) is 1. The largest absolute Gasteiger partial charge is 0.313 e. The van der Waals surface area contributed by atoms with Crippen molar-refractivity contribution in [3.05, 3.63) is 69.0 Å². The van der Waals surface area contributed by atoms with Crippen molar-refractivity contribution in [2.45, 2.75) is 19.4 Å². The van der Waals surface area contributed by atoms with Crippen molar-refractivity contribution in [1.82, 2.24) is 5.32 Å². The molecule has 1 atom stereocenters. The normalized spacial score (nSPS) is 12.4. The van der Waals surface area contributed by atoms with Crippen molar-refractivity contribution in [2.75, 3.05) is 7.05 Å². The Morgan fingerprint density at radius 2 is 1.90 bits per heavy atom. The van der Waals surface area contributed by atoms with E-state index in [0.29, 0.717) is 16.5 Å². The summed E-state index contributed by atoms with van der Waals surface area (Å²) in [7, 11) is 1.86. The lowest BCUT2D eigenvalue weighted by molar-refractivity contribution is 0.576. The van der Waals surface area contributed by atoms with E-state index in [1.165, 1.54) is 6.07 Å². The highest BCUT2D eigenvalue weighted by Gasteiger charge is 2.13. The van der Waals surface area contributed by atoms with Crippen LogP contribution in [0.5, 0.6) is 0 Å². The molecule has 0 radical (unpaired) electrons. The number of rotatable bonds is 4. The molecule has 0 aliphatic heterocycles. The van der Waals surface area contributed by atoms with Crippen LogP contribution in [0.2, 0.25) is 10.0 Å². The smallest absolute Gasteiger partial charge is 0.123 e. The molecule has 20 heavy (non-hydrogen) atoms. The predicted molar refractivity (Wildman–Crippen MR) is 83.1 cm³/mol. The lowest BCUT2D eigenvalue weighted by atomic mass is 9.97. The van der Waals surface area contributed by atoms with E-state index in [1.54, 1.807) is 12.1 Å². The highest BCUT2D eigenvalue weighted by molar-refractivity contribution is 6.35. The average molecular weight is 312 g/mol. The van der Waals surface area contributed by atoms with Gasteiger partial charge in [-0.25, -0.2) is 4.39 Å². The van der Waals surface area contributed by atoms with E-state index < -0.39 is 0 Å². The summed E-state index contributed by atoms with van der Waals surface area (Å²) in [5.74, 6) is -0.220. The van der Waals surface area contributed by atoms with E-state index >= 15 is 0 Å². The molecule has 0 saturated heterocycles.